The van der Waals surface area contributed by atoms with E-state index >= 15 is 0 Å². The molecule has 0 amide bonds. The lowest BCUT2D eigenvalue weighted by Gasteiger charge is -2.10. The molecule has 0 radical (unpaired) electrons. The summed E-state index contributed by atoms with van der Waals surface area (Å²) in [5.74, 6) is -0.558. The molecule has 18 heavy (non-hydrogen) atoms. The average Bonchev–Trinajstić information content (AvgIpc) is 2.35. The van der Waals surface area contributed by atoms with Crippen molar-refractivity contribution in [2.45, 2.75) is 9.72 Å². The van der Waals surface area contributed by atoms with E-state index in [9.17, 15) is 13.2 Å². The van der Waals surface area contributed by atoms with Crippen molar-refractivity contribution in [3.63, 3.8) is 0 Å². The summed E-state index contributed by atoms with van der Waals surface area (Å²) < 4.78 is 30.5. The molecule has 1 aromatic carbocycles. The predicted octanol–water partition coefficient (Wildman–Crippen LogP) is 1.55. The van der Waals surface area contributed by atoms with E-state index < -0.39 is 20.8 Å². The molecule has 0 spiro atoms. The van der Waals surface area contributed by atoms with E-state index in [0.29, 0.717) is 0 Å². The number of carbonyl (C=O) groups is 1. The second-order valence-electron chi connectivity index (χ2n) is 3.27. The van der Waals surface area contributed by atoms with Crippen LogP contribution in [0.25, 0.3) is 0 Å². The van der Waals surface area contributed by atoms with E-state index in [1.165, 1.54) is 19.2 Å². The molecule has 1 unspecified atom stereocenters. The third-order valence-corrected chi connectivity index (χ3v) is 4.66. The van der Waals surface area contributed by atoms with Crippen LogP contribution >= 0.6 is 27.5 Å². The number of esters is 1. The average molecular weight is 357 g/mol. The summed E-state index contributed by atoms with van der Waals surface area (Å²) >= 11 is 8.80. The quantitative estimate of drug-likeness (QED) is 0.642. The van der Waals surface area contributed by atoms with Crippen molar-refractivity contribution < 1.29 is 17.9 Å². The number of sulfonamides is 1. The molecule has 0 bridgehead atoms. The highest BCUT2D eigenvalue weighted by Crippen LogP contribution is 2.20. The third kappa shape index (κ3) is 3.94. The first-order valence-corrected chi connectivity index (χ1v) is 7.62. The summed E-state index contributed by atoms with van der Waals surface area (Å²) in [6.07, 6.45) is 0. The molecule has 1 N–H and O–H groups in total. The zero-order chi connectivity index (χ0) is 13.8. The molecule has 0 fully saturated rings. The minimum Gasteiger partial charge on any atom is -0.468 e. The lowest BCUT2D eigenvalue weighted by Crippen LogP contribution is -2.34. The monoisotopic (exact) mass is 355 g/mol. The largest absolute Gasteiger partial charge is 0.468 e. The molecule has 100 valence electrons. The summed E-state index contributed by atoms with van der Waals surface area (Å²) in [4.78, 5) is 10.3. The highest BCUT2D eigenvalue weighted by Gasteiger charge is 2.21. The Hall–Kier alpha value is -0.630. The van der Waals surface area contributed by atoms with Gasteiger partial charge in [-0.3, -0.25) is 4.79 Å². The minimum absolute atomic E-state index is 0.0313. The van der Waals surface area contributed by atoms with Crippen LogP contribution in [0.3, 0.4) is 0 Å². The Morgan fingerprint density at radius 2 is 2.11 bits per heavy atom. The summed E-state index contributed by atoms with van der Waals surface area (Å²) in [5, 5.41) is 0.120. The van der Waals surface area contributed by atoms with Gasteiger partial charge in [0.05, 0.1) is 12.1 Å². The fourth-order valence-corrected chi connectivity index (χ4v) is 3.26. The summed E-state index contributed by atoms with van der Waals surface area (Å²) in [6, 6.07) is 6.05. The van der Waals surface area contributed by atoms with Gasteiger partial charge in [0, 0.05) is 6.54 Å². The maximum absolute atomic E-state index is 11.9. The molecule has 0 aliphatic rings. The standard InChI is InChI=1S/C10H11BrClNO4S/c1-17-10(14)7(11)6-13-18(15,16)9-5-3-2-4-8(9)12/h2-5,7,13H,6H2,1H3. The molecule has 0 saturated carbocycles. The topological polar surface area (TPSA) is 72.5 Å². The van der Waals surface area contributed by atoms with Crippen molar-refractivity contribution in [2.75, 3.05) is 13.7 Å². The Morgan fingerprint density at radius 3 is 2.67 bits per heavy atom. The van der Waals surface area contributed by atoms with Crippen LogP contribution in [-0.4, -0.2) is 32.9 Å². The molecule has 1 atom stereocenters. The second kappa shape index (κ2) is 6.51. The van der Waals surface area contributed by atoms with Crippen molar-refractivity contribution in [3.8, 4) is 0 Å². The number of benzene rings is 1. The zero-order valence-electron chi connectivity index (χ0n) is 9.39. The lowest BCUT2D eigenvalue weighted by molar-refractivity contribution is -0.139. The Morgan fingerprint density at radius 1 is 1.50 bits per heavy atom. The summed E-state index contributed by atoms with van der Waals surface area (Å²) in [7, 11) is -2.53. The summed E-state index contributed by atoms with van der Waals surface area (Å²) in [5.41, 5.74) is 0. The van der Waals surface area contributed by atoms with Gasteiger partial charge >= 0.3 is 5.97 Å². The molecular weight excluding hydrogens is 346 g/mol. The van der Waals surface area contributed by atoms with E-state index in [2.05, 4.69) is 25.4 Å². The molecular formula is C10H11BrClNO4S. The Bertz CT molecular complexity index is 534. The van der Waals surface area contributed by atoms with Gasteiger partial charge in [-0.05, 0) is 12.1 Å². The number of nitrogens with one attached hydrogen (secondary N) is 1. The first-order valence-electron chi connectivity index (χ1n) is 4.84. The van der Waals surface area contributed by atoms with Crippen LogP contribution in [0.1, 0.15) is 0 Å². The number of alkyl halides is 1. The van der Waals surface area contributed by atoms with Crippen LogP contribution in [0.5, 0.6) is 0 Å². The Kier molecular flexibility index (Phi) is 5.58. The lowest BCUT2D eigenvalue weighted by atomic mass is 10.4. The summed E-state index contributed by atoms with van der Waals surface area (Å²) in [6.45, 7) is -0.125. The normalized spacial score (nSPS) is 13.1. The van der Waals surface area contributed by atoms with Crippen molar-refractivity contribution in [1.29, 1.82) is 0 Å². The highest BCUT2D eigenvalue weighted by molar-refractivity contribution is 9.10. The minimum atomic E-state index is -3.75. The third-order valence-electron chi connectivity index (χ3n) is 2.04. The fourth-order valence-electron chi connectivity index (χ4n) is 1.13. The van der Waals surface area contributed by atoms with Crippen LogP contribution in [-0.2, 0) is 19.6 Å². The van der Waals surface area contributed by atoms with Crippen molar-refractivity contribution in [1.82, 2.24) is 4.72 Å². The number of hydrogen-bond donors (Lipinski definition) is 1. The van der Waals surface area contributed by atoms with Gasteiger partial charge in [-0.2, -0.15) is 0 Å². The molecule has 0 saturated heterocycles. The maximum atomic E-state index is 11.9. The number of hydrogen-bond acceptors (Lipinski definition) is 4. The van der Waals surface area contributed by atoms with Gasteiger partial charge in [-0.15, -0.1) is 0 Å². The van der Waals surface area contributed by atoms with Gasteiger partial charge < -0.3 is 4.74 Å². The van der Waals surface area contributed by atoms with Crippen molar-refractivity contribution >= 4 is 43.5 Å². The maximum Gasteiger partial charge on any atom is 0.320 e. The number of halogens is 2. The second-order valence-corrected chi connectivity index (χ2v) is 6.52. The van der Waals surface area contributed by atoms with Gasteiger partial charge in [-0.25, -0.2) is 13.1 Å². The van der Waals surface area contributed by atoms with Crippen LogP contribution in [0.15, 0.2) is 29.2 Å². The predicted molar refractivity (Wildman–Crippen MR) is 71.4 cm³/mol. The van der Waals surface area contributed by atoms with Crippen LogP contribution in [0.2, 0.25) is 5.02 Å². The fraction of sp³-hybridized carbons (Fsp3) is 0.300. The van der Waals surface area contributed by atoms with Gasteiger partial charge in [0.2, 0.25) is 10.0 Å². The van der Waals surface area contributed by atoms with E-state index in [1.807, 2.05) is 0 Å². The van der Waals surface area contributed by atoms with E-state index in [1.54, 1.807) is 12.1 Å². The molecule has 0 aromatic heterocycles. The van der Waals surface area contributed by atoms with E-state index in [0.717, 1.165) is 0 Å². The first kappa shape index (κ1) is 15.4. The number of carbonyl (C=O) groups excluding carboxylic acids is 1. The van der Waals surface area contributed by atoms with Crippen LogP contribution < -0.4 is 4.72 Å². The Labute approximate surface area is 119 Å². The highest BCUT2D eigenvalue weighted by atomic mass is 79.9. The van der Waals surface area contributed by atoms with Gasteiger partial charge in [-0.1, -0.05) is 39.7 Å². The number of rotatable bonds is 5. The SMILES string of the molecule is COC(=O)C(Br)CNS(=O)(=O)c1ccccc1Cl. The van der Waals surface area contributed by atoms with Crippen molar-refractivity contribution in [2.24, 2.45) is 0 Å². The van der Waals surface area contributed by atoms with E-state index in [4.69, 9.17) is 11.6 Å². The molecule has 8 heteroatoms. The number of ether oxygens (including phenoxy) is 1. The molecule has 0 aliphatic carbocycles. The molecule has 1 aromatic rings. The zero-order valence-corrected chi connectivity index (χ0v) is 12.5. The van der Waals surface area contributed by atoms with Gasteiger partial charge in [0.1, 0.15) is 9.72 Å². The smallest absolute Gasteiger partial charge is 0.320 e. The van der Waals surface area contributed by atoms with Crippen molar-refractivity contribution in [3.05, 3.63) is 29.3 Å². The molecule has 0 heterocycles. The van der Waals surface area contributed by atoms with E-state index in [-0.39, 0.29) is 16.5 Å². The number of methoxy groups -OCH3 is 1. The molecule has 0 aliphatic heterocycles. The molecule has 1 rings (SSSR count). The van der Waals surface area contributed by atoms with Crippen LogP contribution in [0.4, 0.5) is 0 Å². The first-order chi connectivity index (χ1) is 8.38. The molecule has 5 nitrogen and oxygen atoms in total. The van der Waals surface area contributed by atoms with Gasteiger partial charge in [0.25, 0.3) is 0 Å². The van der Waals surface area contributed by atoms with Crippen LogP contribution in [0, 0.1) is 0 Å². The Balaban J connectivity index is 2.78. The van der Waals surface area contributed by atoms with Gasteiger partial charge in [0.15, 0.2) is 0 Å².